The number of phenols is 1. The van der Waals surface area contributed by atoms with E-state index in [9.17, 15) is 9.90 Å². The number of carbonyl (C=O) groups excluding carboxylic acids is 1. The van der Waals surface area contributed by atoms with Gasteiger partial charge in [0.25, 0.3) is 0 Å². The van der Waals surface area contributed by atoms with Crippen molar-refractivity contribution < 1.29 is 14.6 Å². The number of likely N-dealkylation sites (N-methyl/N-ethyl adjacent to an activating group) is 1. The van der Waals surface area contributed by atoms with Gasteiger partial charge in [-0.25, -0.2) is 14.5 Å². The Balaban J connectivity index is 1.58. The van der Waals surface area contributed by atoms with Gasteiger partial charge >= 0.3 is 0 Å². The summed E-state index contributed by atoms with van der Waals surface area (Å²) in [5.41, 5.74) is 2.50. The summed E-state index contributed by atoms with van der Waals surface area (Å²) in [5.74, 6) is 0.590. The van der Waals surface area contributed by atoms with Crippen LogP contribution in [0.2, 0.25) is 10.0 Å². The number of pyridine rings is 2. The average molecular weight is 582 g/mol. The number of nitrogens with zero attached hydrogens (tertiary/aromatic N) is 7. The number of fused-ring (bicyclic) bond motifs is 3. The Hall–Kier alpha value is -4.39. The third kappa shape index (κ3) is 5.11. The lowest BCUT2D eigenvalue weighted by Crippen LogP contribution is -2.18. The summed E-state index contributed by atoms with van der Waals surface area (Å²) in [6.45, 7) is 4.89. The minimum atomic E-state index is -0.362. The molecule has 4 aromatic heterocycles. The Morgan fingerprint density at radius 3 is 2.75 bits per heavy atom. The zero-order chi connectivity index (χ0) is 28.6. The molecule has 206 valence electrons. The van der Waals surface area contributed by atoms with Crippen molar-refractivity contribution in [3.05, 3.63) is 59.6 Å². The number of methoxy groups -OCH3 is 1. The van der Waals surface area contributed by atoms with E-state index < -0.39 is 0 Å². The first kappa shape index (κ1) is 27.2. The van der Waals surface area contributed by atoms with E-state index in [-0.39, 0.29) is 27.5 Å². The first-order valence-corrected chi connectivity index (χ1v) is 12.8. The summed E-state index contributed by atoms with van der Waals surface area (Å²) >= 11 is 13.1. The van der Waals surface area contributed by atoms with Crippen LogP contribution < -0.4 is 15.4 Å². The summed E-state index contributed by atoms with van der Waals surface area (Å²) < 4.78 is 8.67. The van der Waals surface area contributed by atoms with E-state index in [1.807, 2.05) is 25.1 Å². The second kappa shape index (κ2) is 11.0. The number of hydrogen-bond acceptors (Lipinski definition) is 9. The largest absolute Gasteiger partial charge is 0.506 e. The van der Waals surface area contributed by atoms with E-state index in [1.165, 1.54) is 25.6 Å². The molecule has 12 nitrogen and oxygen atoms in total. The third-order valence-electron chi connectivity index (χ3n) is 6.09. The van der Waals surface area contributed by atoms with Gasteiger partial charge in [-0.1, -0.05) is 29.8 Å². The molecule has 14 heteroatoms. The number of anilines is 3. The minimum Gasteiger partial charge on any atom is -0.506 e. The monoisotopic (exact) mass is 581 g/mol. The molecule has 0 aliphatic rings. The molecule has 40 heavy (non-hydrogen) atoms. The lowest BCUT2D eigenvalue weighted by atomic mass is 10.0. The number of rotatable bonds is 9. The number of carbonyl (C=O) groups is 1. The van der Waals surface area contributed by atoms with Gasteiger partial charge in [0.1, 0.15) is 29.3 Å². The molecule has 0 atom stereocenters. The van der Waals surface area contributed by atoms with Gasteiger partial charge in [0.05, 0.1) is 35.4 Å². The topological polar surface area (TPSA) is 135 Å². The molecular weight excluding hydrogens is 557 g/mol. The molecule has 0 fully saturated rings. The Bertz CT molecular complexity index is 1760. The first-order valence-electron chi connectivity index (χ1n) is 12.0. The number of phenolic OH excluding ortho intramolecular Hbond substituents is 1. The van der Waals surface area contributed by atoms with Gasteiger partial charge in [-0.15, -0.1) is 0 Å². The van der Waals surface area contributed by atoms with Crippen LogP contribution in [0.4, 0.5) is 17.3 Å². The molecule has 1 amide bonds. The molecular formula is C26H25Cl2N9O3. The Morgan fingerprint density at radius 1 is 1.23 bits per heavy atom. The normalized spacial score (nSPS) is 11.3. The molecule has 0 radical (unpaired) electrons. The second-order valence-corrected chi connectivity index (χ2v) is 9.81. The summed E-state index contributed by atoms with van der Waals surface area (Å²) in [6, 6.07) is 4.95. The van der Waals surface area contributed by atoms with E-state index >= 15 is 0 Å². The lowest BCUT2D eigenvalue weighted by molar-refractivity contribution is -0.111. The zero-order valence-electron chi connectivity index (χ0n) is 21.8. The van der Waals surface area contributed by atoms with E-state index in [0.29, 0.717) is 51.5 Å². The van der Waals surface area contributed by atoms with Crippen molar-refractivity contribution in [2.75, 3.05) is 38.4 Å². The van der Waals surface area contributed by atoms with E-state index in [2.05, 4.69) is 37.4 Å². The molecule has 0 saturated carbocycles. The zero-order valence-corrected chi connectivity index (χ0v) is 23.3. The quantitative estimate of drug-likeness (QED) is 0.213. The van der Waals surface area contributed by atoms with Crippen molar-refractivity contribution in [2.24, 2.45) is 0 Å². The maximum atomic E-state index is 12.0. The van der Waals surface area contributed by atoms with Gasteiger partial charge in [0.2, 0.25) is 5.91 Å². The summed E-state index contributed by atoms with van der Waals surface area (Å²) in [4.78, 5) is 23.0. The number of aromatic nitrogens is 6. The van der Waals surface area contributed by atoms with Gasteiger partial charge in [-0.3, -0.25) is 9.48 Å². The highest BCUT2D eigenvalue weighted by Gasteiger charge is 2.22. The van der Waals surface area contributed by atoms with Crippen molar-refractivity contribution >= 4 is 63.0 Å². The molecule has 0 unspecified atom stereocenters. The Morgan fingerprint density at radius 2 is 2.02 bits per heavy atom. The predicted molar refractivity (Wildman–Crippen MR) is 155 cm³/mol. The van der Waals surface area contributed by atoms with Gasteiger partial charge in [0, 0.05) is 41.4 Å². The van der Waals surface area contributed by atoms with Crippen molar-refractivity contribution in [1.82, 2.24) is 34.3 Å². The number of halogens is 2. The number of nitrogens with one attached hydrogen (secondary N) is 2. The Labute approximate surface area is 238 Å². The van der Waals surface area contributed by atoms with Crippen molar-refractivity contribution in [3.63, 3.8) is 0 Å². The maximum absolute atomic E-state index is 12.0. The lowest BCUT2D eigenvalue weighted by Gasteiger charge is -2.14. The van der Waals surface area contributed by atoms with Gasteiger partial charge in [-0.05, 0) is 26.2 Å². The van der Waals surface area contributed by atoms with Crippen LogP contribution >= 0.6 is 23.2 Å². The standard InChI is InChI=1S/C26H25Cl2N9O3/c1-5-21(39)32-16-12-36(7-6-35(2)3)34-25(16)33-20-9-17-14(11-29-20)8-15(26-30-13-31-37(17)26)22-23(27)18(38)10-19(40-4)24(22)28/h5,8-13,38H,1,6-7H2,2-4H3,(H,32,39)(H,29,33,34). The average Bonchev–Trinajstić information content (AvgIpc) is 3.57. The number of amides is 1. The van der Waals surface area contributed by atoms with Crippen LogP contribution in [-0.2, 0) is 11.3 Å². The third-order valence-corrected chi connectivity index (χ3v) is 6.85. The molecule has 3 N–H and O–H groups in total. The summed E-state index contributed by atoms with van der Waals surface area (Å²) in [7, 11) is 5.39. The summed E-state index contributed by atoms with van der Waals surface area (Å²) in [5, 5.41) is 26.3. The molecule has 0 aliphatic carbocycles. The fourth-order valence-electron chi connectivity index (χ4n) is 4.13. The number of hydrogen-bond donors (Lipinski definition) is 3. The van der Waals surface area contributed by atoms with Gasteiger partial charge < -0.3 is 25.4 Å². The number of ether oxygens (including phenoxy) is 1. The van der Waals surface area contributed by atoms with Crippen LogP contribution in [-0.4, -0.2) is 73.0 Å². The smallest absolute Gasteiger partial charge is 0.247 e. The molecule has 0 aliphatic heterocycles. The van der Waals surface area contributed by atoms with Crippen LogP contribution in [0.5, 0.6) is 11.5 Å². The molecule has 0 saturated heterocycles. The fourth-order valence-corrected chi connectivity index (χ4v) is 4.76. The maximum Gasteiger partial charge on any atom is 0.247 e. The van der Waals surface area contributed by atoms with Crippen LogP contribution in [0.1, 0.15) is 0 Å². The van der Waals surface area contributed by atoms with Gasteiger partial charge in [0.15, 0.2) is 11.5 Å². The first-order chi connectivity index (χ1) is 19.2. The molecule has 1 aromatic carbocycles. The highest BCUT2D eigenvalue weighted by atomic mass is 35.5. The van der Waals surface area contributed by atoms with Crippen LogP contribution in [0.15, 0.2) is 49.6 Å². The minimum absolute atomic E-state index is 0.0558. The van der Waals surface area contributed by atoms with Crippen molar-refractivity contribution in [1.29, 1.82) is 0 Å². The molecule has 0 spiro atoms. The molecule has 4 heterocycles. The van der Waals surface area contributed by atoms with Crippen LogP contribution in [0.3, 0.4) is 0 Å². The predicted octanol–water partition coefficient (Wildman–Crippen LogP) is 4.59. The van der Waals surface area contributed by atoms with E-state index in [4.69, 9.17) is 27.9 Å². The van der Waals surface area contributed by atoms with Crippen molar-refractivity contribution in [3.8, 4) is 22.6 Å². The highest BCUT2D eigenvalue weighted by Crippen LogP contribution is 2.47. The van der Waals surface area contributed by atoms with Crippen LogP contribution in [0, 0.1) is 0 Å². The molecule has 5 aromatic rings. The van der Waals surface area contributed by atoms with E-state index in [1.54, 1.807) is 27.7 Å². The Kier molecular flexibility index (Phi) is 7.48. The number of aromatic hydroxyl groups is 1. The summed E-state index contributed by atoms with van der Waals surface area (Å²) in [6.07, 6.45) is 5.99. The molecule has 0 bridgehead atoms. The van der Waals surface area contributed by atoms with Crippen molar-refractivity contribution in [2.45, 2.75) is 6.54 Å². The molecule has 5 rings (SSSR count). The van der Waals surface area contributed by atoms with Crippen LogP contribution in [0.25, 0.3) is 27.7 Å². The fraction of sp³-hybridized carbons (Fsp3) is 0.192. The van der Waals surface area contributed by atoms with E-state index in [0.717, 1.165) is 6.54 Å². The number of benzene rings is 1. The highest BCUT2D eigenvalue weighted by molar-refractivity contribution is 6.41. The SMILES string of the molecule is C=CC(=O)Nc1cn(CCN(C)C)nc1Nc1cc2c(cn1)cc(-c1c(Cl)c(O)cc(OC)c1Cl)c1ncnn12. The second-order valence-electron chi connectivity index (χ2n) is 9.06. The van der Waals surface area contributed by atoms with Gasteiger partial charge in [-0.2, -0.15) is 10.2 Å².